The van der Waals surface area contributed by atoms with Crippen molar-refractivity contribution in [2.75, 3.05) is 13.1 Å². The standard InChI is InChI=1S/C24H25ClN4O/c1-5-28(6-2)24(30)19-9-7-18(8-10-19)13-22-16(3)27-29(17(22)4)21-12-11-20(15-26)23(25)14-21/h7-12,14H,5-6,13H2,1-4H3. The zero-order chi connectivity index (χ0) is 21.8. The molecule has 0 atom stereocenters. The summed E-state index contributed by atoms with van der Waals surface area (Å²) in [6.45, 7) is 9.39. The molecule has 1 amide bonds. The molecular formula is C24H25ClN4O. The van der Waals surface area contributed by atoms with E-state index in [1.807, 2.05) is 67.6 Å². The second-order valence-electron chi connectivity index (χ2n) is 7.19. The van der Waals surface area contributed by atoms with Crippen LogP contribution in [0.4, 0.5) is 0 Å². The highest BCUT2D eigenvalue weighted by Gasteiger charge is 2.16. The number of aryl methyl sites for hydroxylation is 1. The van der Waals surface area contributed by atoms with Crippen molar-refractivity contribution in [3.8, 4) is 11.8 Å². The summed E-state index contributed by atoms with van der Waals surface area (Å²) in [7, 11) is 0. The van der Waals surface area contributed by atoms with Crippen molar-refractivity contribution in [2.24, 2.45) is 0 Å². The Morgan fingerprint density at radius 1 is 1.13 bits per heavy atom. The zero-order valence-corrected chi connectivity index (χ0v) is 18.5. The number of rotatable bonds is 6. The van der Waals surface area contributed by atoms with Crippen LogP contribution in [0.15, 0.2) is 42.5 Å². The van der Waals surface area contributed by atoms with E-state index in [0.717, 1.165) is 34.6 Å². The minimum absolute atomic E-state index is 0.0597. The number of carbonyl (C=O) groups is 1. The molecule has 0 radical (unpaired) electrons. The molecule has 0 saturated carbocycles. The van der Waals surface area contributed by atoms with Gasteiger partial charge < -0.3 is 4.90 Å². The average molecular weight is 421 g/mol. The van der Waals surface area contributed by atoms with Gasteiger partial charge in [-0.15, -0.1) is 0 Å². The SMILES string of the molecule is CCN(CC)C(=O)c1ccc(Cc2c(C)nn(-c3ccc(C#N)c(Cl)c3)c2C)cc1. The predicted molar refractivity (Wildman–Crippen MR) is 119 cm³/mol. The van der Waals surface area contributed by atoms with Crippen LogP contribution in [0.3, 0.4) is 0 Å². The molecule has 2 aromatic carbocycles. The van der Waals surface area contributed by atoms with Gasteiger partial charge in [-0.25, -0.2) is 4.68 Å². The molecule has 1 heterocycles. The molecule has 0 spiro atoms. The molecule has 0 aliphatic heterocycles. The summed E-state index contributed by atoms with van der Waals surface area (Å²) in [5.74, 6) is 0.0597. The van der Waals surface area contributed by atoms with E-state index in [2.05, 4.69) is 11.2 Å². The molecule has 6 heteroatoms. The number of benzene rings is 2. The van der Waals surface area contributed by atoms with Crippen molar-refractivity contribution in [1.82, 2.24) is 14.7 Å². The van der Waals surface area contributed by atoms with Gasteiger partial charge in [0.2, 0.25) is 0 Å². The first-order valence-electron chi connectivity index (χ1n) is 10.0. The Labute approximate surface area is 182 Å². The van der Waals surface area contributed by atoms with Crippen molar-refractivity contribution in [3.63, 3.8) is 0 Å². The van der Waals surface area contributed by atoms with Gasteiger partial charge >= 0.3 is 0 Å². The van der Waals surface area contributed by atoms with Crippen molar-refractivity contribution in [3.05, 3.63) is 81.1 Å². The fourth-order valence-corrected chi connectivity index (χ4v) is 3.79. The van der Waals surface area contributed by atoms with Gasteiger partial charge in [-0.3, -0.25) is 4.79 Å². The maximum atomic E-state index is 12.5. The normalized spacial score (nSPS) is 10.7. The minimum atomic E-state index is 0.0597. The maximum Gasteiger partial charge on any atom is 0.253 e. The number of aromatic nitrogens is 2. The van der Waals surface area contributed by atoms with Gasteiger partial charge in [0.25, 0.3) is 5.91 Å². The lowest BCUT2D eigenvalue weighted by Gasteiger charge is -2.18. The van der Waals surface area contributed by atoms with Gasteiger partial charge in [0.1, 0.15) is 6.07 Å². The lowest BCUT2D eigenvalue weighted by atomic mass is 10.0. The van der Waals surface area contributed by atoms with Crippen LogP contribution < -0.4 is 0 Å². The van der Waals surface area contributed by atoms with Crippen molar-refractivity contribution in [1.29, 1.82) is 5.26 Å². The highest BCUT2D eigenvalue weighted by molar-refractivity contribution is 6.31. The van der Waals surface area contributed by atoms with Crippen molar-refractivity contribution < 1.29 is 4.79 Å². The Kier molecular flexibility index (Phi) is 6.59. The van der Waals surface area contributed by atoms with Gasteiger partial charge in [0.15, 0.2) is 0 Å². The molecule has 0 bridgehead atoms. The van der Waals surface area contributed by atoms with E-state index < -0.39 is 0 Å². The predicted octanol–water partition coefficient (Wildman–Crippen LogP) is 5.09. The first kappa shape index (κ1) is 21.6. The van der Waals surface area contributed by atoms with Crippen LogP contribution in [0.2, 0.25) is 5.02 Å². The van der Waals surface area contributed by atoms with E-state index in [0.29, 0.717) is 29.2 Å². The third-order valence-corrected chi connectivity index (χ3v) is 5.70. The summed E-state index contributed by atoms with van der Waals surface area (Å²) in [5.41, 5.74) is 6.20. The van der Waals surface area contributed by atoms with Gasteiger partial charge in [0, 0.05) is 36.3 Å². The van der Waals surface area contributed by atoms with Crippen LogP contribution in [0.25, 0.3) is 5.69 Å². The molecule has 5 nitrogen and oxygen atoms in total. The fourth-order valence-electron chi connectivity index (χ4n) is 3.57. The Hall–Kier alpha value is -3.10. The van der Waals surface area contributed by atoms with Crippen molar-refractivity contribution in [2.45, 2.75) is 34.1 Å². The number of nitriles is 1. The van der Waals surface area contributed by atoms with E-state index in [4.69, 9.17) is 16.9 Å². The van der Waals surface area contributed by atoms with E-state index >= 15 is 0 Å². The number of halogens is 1. The summed E-state index contributed by atoms with van der Waals surface area (Å²) in [4.78, 5) is 14.3. The summed E-state index contributed by atoms with van der Waals surface area (Å²) in [6.07, 6.45) is 0.724. The Morgan fingerprint density at radius 3 is 2.37 bits per heavy atom. The summed E-state index contributed by atoms with van der Waals surface area (Å²) >= 11 is 6.20. The quantitative estimate of drug-likeness (QED) is 0.558. The third-order valence-electron chi connectivity index (χ3n) is 5.39. The molecule has 0 N–H and O–H groups in total. The first-order valence-corrected chi connectivity index (χ1v) is 10.4. The lowest BCUT2D eigenvalue weighted by molar-refractivity contribution is 0.0773. The molecule has 0 fully saturated rings. The topological polar surface area (TPSA) is 61.9 Å². The smallest absolute Gasteiger partial charge is 0.253 e. The van der Waals surface area contributed by atoms with Crippen LogP contribution in [0.1, 0.15) is 52.3 Å². The molecule has 1 aromatic heterocycles. The third kappa shape index (κ3) is 4.24. The molecule has 0 saturated heterocycles. The van der Waals surface area contributed by atoms with Gasteiger partial charge in [-0.1, -0.05) is 23.7 Å². The highest BCUT2D eigenvalue weighted by Crippen LogP contribution is 2.24. The maximum absolute atomic E-state index is 12.5. The Bertz CT molecular complexity index is 1110. The Balaban J connectivity index is 1.85. The van der Waals surface area contributed by atoms with E-state index in [1.54, 1.807) is 12.1 Å². The monoisotopic (exact) mass is 420 g/mol. The van der Waals surface area contributed by atoms with Crippen LogP contribution in [0.5, 0.6) is 0 Å². The molecule has 0 aliphatic rings. The molecule has 3 rings (SSSR count). The molecular weight excluding hydrogens is 396 g/mol. The molecule has 30 heavy (non-hydrogen) atoms. The summed E-state index contributed by atoms with van der Waals surface area (Å²) in [5, 5.41) is 14.2. The number of hydrogen-bond donors (Lipinski definition) is 0. The van der Waals surface area contributed by atoms with Crippen LogP contribution in [0, 0.1) is 25.2 Å². The van der Waals surface area contributed by atoms with Gasteiger partial charge in [-0.2, -0.15) is 10.4 Å². The largest absolute Gasteiger partial charge is 0.339 e. The molecule has 0 unspecified atom stereocenters. The molecule has 154 valence electrons. The lowest BCUT2D eigenvalue weighted by Crippen LogP contribution is -2.30. The van der Waals surface area contributed by atoms with E-state index in [1.165, 1.54) is 0 Å². The average Bonchev–Trinajstić information content (AvgIpc) is 3.03. The van der Waals surface area contributed by atoms with Crippen LogP contribution >= 0.6 is 11.6 Å². The number of amides is 1. The number of carbonyl (C=O) groups excluding carboxylic acids is 1. The second kappa shape index (κ2) is 9.15. The van der Waals surface area contributed by atoms with E-state index in [9.17, 15) is 4.79 Å². The van der Waals surface area contributed by atoms with Crippen LogP contribution in [-0.4, -0.2) is 33.7 Å². The number of nitrogens with zero attached hydrogens (tertiary/aromatic N) is 4. The van der Waals surface area contributed by atoms with E-state index in [-0.39, 0.29) is 5.91 Å². The minimum Gasteiger partial charge on any atom is -0.339 e. The highest BCUT2D eigenvalue weighted by atomic mass is 35.5. The van der Waals surface area contributed by atoms with Crippen LogP contribution in [-0.2, 0) is 6.42 Å². The number of hydrogen-bond acceptors (Lipinski definition) is 3. The zero-order valence-electron chi connectivity index (χ0n) is 17.7. The molecule has 0 aliphatic carbocycles. The first-order chi connectivity index (χ1) is 14.4. The fraction of sp³-hybridized carbons (Fsp3) is 0.292. The summed E-state index contributed by atoms with van der Waals surface area (Å²) in [6, 6.07) is 15.2. The van der Waals surface area contributed by atoms with Gasteiger partial charge in [-0.05, 0) is 63.6 Å². The second-order valence-corrected chi connectivity index (χ2v) is 7.60. The Morgan fingerprint density at radius 2 is 1.80 bits per heavy atom. The van der Waals surface area contributed by atoms with Gasteiger partial charge in [0.05, 0.1) is 22.0 Å². The van der Waals surface area contributed by atoms with Crippen molar-refractivity contribution >= 4 is 17.5 Å². The molecule has 3 aromatic rings. The summed E-state index contributed by atoms with van der Waals surface area (Å²) < 4.78 is 1.86.